The highest BCUT2D eigenvalue weighted by molar-refractivity contribution is 9.10. The van der Waals surface area contributed by atoms with Gasteiger partial charge in [0.1, 0.15) is 5.60 Å². The van der Waals surface area contributed by atoms with Crippen LogP contribution in [0.5, 0.6) is 0 Å². The van der Waals surface area contributed by atoms with Gasteiger partial charge >= 0.3 is 0 Å². The monoisotopic (exact) mass is 274 g/mol. The molecule has 1 aliphatic rings. The van der Waals surface area contributed by atoms with E-state index in [2.05, 4.69) is 28.1 Å². The third kappa shape index (κ3) is 1.20. The Kier molecular flexibility index (Phi) is 2.00. The third-order valence-electron chi connectivity index (χ3n) is 3.25. The van der Waals surface area contributed by atoms with Crippen LogP contribution < -0.4 is 0 Å². The quantitative estimate of drug-likeness (QED) is 0.777. The van der Waals surface area contributed by atoms with E-state index in [0.717, 1.165) is 26.7 Å². The van der Waals surface area contributed by atoms with Gasteiger partial charge in [-0.1, -0.05) is 46.3 Å². The van der Waals surface area contributed by atoms with Gasteiger partial charge in [-0.15, -0.1) is 0 Å². The summed E-state index contributed by atoms with van der Waals surface area (Å²) in [7, 11) is 0. The van der Waals surface area contributed by atoms with E-state index in [1.807, 2.05) is 37.3 Å². The van der Waals surface area contributed by atoms with E-state index in [1.54, 1.807) is 0 Å². The minimum atomic E-state index is -0.879. The normalized spacial score (nSPS) is 21.7. The molecule has 0 fully saturated rings. The molecule has 1 unspecified atom stereocenters. The van der Waals surface area contributed by atoms with Crippen LogP contribution in [0.4, 0.5) is 0 Å². The summed E-state index contributed by atoms with van der Waals surface area (Å²) in [6.45, 7) is 1.85. The molecule has 1 atom stereocenters. The Morgan fingerprint density at radius 1 is 1.00 bits per heavy atom. The molecule has 0 aromatic heterocycles. The van der Waals surface area contributed by atoms with E-state index < -0.39 is 5.60 Å². The highest BCUT2D eigenvalue weighted by Crippen LogP contribution is 2.47. The predicted molar refractivity (Wildman–Crippen MR) is 68.3 cm³/mol. The van der Waals surface area contributed by atoms with Gasteiger partial charge in [0.25, 0.3) is 0 Å². The summed E-state index contributed by atoms with van der Waals surface area (Å²) in [5, 5.41) is 10.6. The van der Waals surface area contributed by atoms with Crippen LogP contribution in [0.2, 0.25) is 0 Å². The maximum atomic E-state index is 10.6. The lowest BCUT2D eigenvalue weighted by Gasteiger charge is -2.19. The van der Waals surface area contributed by atoms with Crippen molar-refractivity contribution in [1.82, 2.24) is 0 Å². The van der Waals surface area contributed by atoms with Crippen molar-refractivity contribution in [2.45, 2.75) is 12.5 Å². The Bertz CT molecular complexity index is 573. The van der Waals surface area contributed by atoms with Crippen LogP contribution in [-0.2, 0) is 5.60 Å². The van der Waals surface area contributed by atoms with Gasteiger partial charge in [-0.2, -0.15) is 0 Å². The number of hydrogen-bond acceptors (Lipinski definition) is 1. The Hall–Kier alpha value is -1.12. The first kappa shape index (κ1) is 10.1. The summed E-state index contributed by atoms with van der Waals surface area (Å²) >= 11 is 3.45. The predicted octanol–water partition coefficient (Wildman–Crippen LogP) is 3.69. The molecule has 16 heavy (non-hydrogen) atoms. The molecule has 0 bridgehead atoms. The highest BCUT2D eigenvalue weighted by atomic mass is 79.9. The molecule has 0 saturated heterocycles. The summed E-state index contributed by atoms with van der Waals surface area (Å²) in [4.78, 5) is 0. The van der Waals surface area contributed by atoms with Crippen LogP contribution in [0.25, 0.3) is 11.1 Å². The maximum absolute atomic E-state index is 10.6. The number of rotatable bonds is 0. The average Bonchev–Trinajstić information content (AvgIpc) is 2.49. The first-order valence-corrected chi connectivity index (χ1v) is 6.02. The molecule has 0 spiro atoms. The van der Waals surface area contributed by atoms with Crippen molar-refractivity contribution in [3.63, 3.8) is 0 Å². The first-order valence-electron chi connectivity index (χ1n) is 5.23. The van der Waals surface area contributed by atoms with Crippen molar-refractivity contribution in [3.8, 4) is 11.1 Å². The molecule has 1 aliphatic carbocycles. The largest absolute Gasteiger partial charge is 0.381 e. The molecule has 2 aromatic rings. The van der Waals surface area contributed by atoms with Crippen LogP contribution >= 0.6 is 15.9 Å². The van der Waals surface area contributed by atoms with Crippen molar-refractivity contribution in [2.24, 2.45) is 0 Å². The van der Waals surface area contributed by atoms with Gasteiger partial charge in [0, 0.05) is 4.47 Å². The molecule has 0 amide bonds. The molecule has 2 heteroatoms. The van der Waals surface area contributed by atoms with Crippen molar-refractivity contribution in [3.05, 3.63) is 58.1 Å². The maximum Gasteiger partial charge on any atom is 0.113 e. The third-order valence-corrected chi connectivity index (χ3v) is 3.74. The molecular weight excluding hydrogens is 264 g/mol. The van der Waals surface area contributed by atoms with Crippen LogP contribution in [0, 0.1) is 0 Å². The minimum Gasteiger partial charge on any atom is -0.381 e. The van der Waals surface area contributed by atoms with Crippen molar-refractivity contribution < 1.29 is 5.11 Å². The lowest BCUT2D eigenvalue weighted by Crippen LogP contribution is -2.19. The Labute approximate surface area is 103 Å². The van der Waals surface area contributed by atoms with Gasteiger partial charge in [-0.3, -0.25) is 0 Å². The first-order chi connectivity index (χ1) is 7.60. The lowest BCUT2D eigenvalue weighted by atomic mass is 9.94. The van der Waals surface area contributed by atoms with Gasteiger partial charge in [0.2, 0.25) is 0 Å². The minimum absolute atomic E-state index is 0.879. The molecule has 2 aromatic carbocycles. The van der Waals surface area contributed by atoms with E-state index in [1.165, 1.54) is 0 Å². The molecule has 0 saturated carbocycles. The van der Waals surface area contributed by atoms with Gasteiger partial charge in [0.15, 0.2) is 0 Å². The van der Waals surface area contributed by atoms with E-state index in [4.69, 9.17) is 0 Å². The molecule has 0 aliphatic heterocycles. The molecule has 80 valence electrons. The van der Waals surface area contributed by atoms with Gasteiger partial charge in [-0.25, -0.2) is 0 Å². The fraction of sp³-hybridized carbons (Fsp3) is 0.143. The smallest absolute Gasteiger partial charge is 0.113 e. The summed E-state index contributed by atoms with van der Waals surface area (Å²) in [5.41, 5.74) is 3.35. The summed E-state index contributed by atoms with van der Waals surface area (Å²) in [6, 6.07) is 14.1. The molecule has 3 rings (SSSR count). The van der Waals surface area contributed by atoms with Crippen molar-refractivity contribution >= 4 is 15.9 Å². The lowest BCUT2D eigenvalue weighted by molar-refractivity contribution is 0.107. The summed E-state index contributed by atoms with van der Waals surface area (Å²) in [6.07, 6.45) is 0. The Morgan fingerprint density at radius 2 is 1.69 bits per heavy atom. The number of hydrogen-bond donors (Lipinski definition) is 1. The van der Waals surface area contributed by atoms with Gasteiger partial charge < -0.3 is 5.11 Å². The standard InChI is InChI=1S/C14H11BrO/c1-14(16)12-5-3-2-4-10(12)11-7-6-9(15)8-13(11)14/h2-8,16H,1H3. The molecule has 0 heterocycles. The van der Waals surface area contributed by atoms with Gasteiger partial charge in [-0.05, 0) is 41.3 Å². The summed E-state index contributed by atoms with van der Waals surface area (Å²) < 4.78 is 0.999. The van der Waals surface area contributed by atoms with E-state index in [-0.39, 0.29) is 0 Å². The molecule has 1 nitrogen and oxygen atoms in total. The SMILES string of the molecule is CC1(O)c2ccccc2-c2ccc(Br)cc21. The second-order valence-corrected chi connectivity index (χ2v) is 5.22. The number of fused-ring (bicyclic) bond motifs is 3. The second-order valence-electron chi connectivity index (χ2n) is 4.31. The average molecular weight is 275 g/mol. The van der Waals surface area contributed by atoms with Crippen molar-refractivity contribution in [2.75, 3.05) is 0 Å². The zero-order chi connectivity index (χ0) is 11.3. The number of aliphatic hydroxyl groups is 1. The fourth-order valence-electron chi connectivity index (χ4n) is 2.44. The Balaban J connectivity index is 2.39. The molecule has 0 radical (unpaired) electrons. The van der Waals surface area contributed by atoms with E-state index in [0.29, 0.717) is 0 Å². The zero-order valence-electron chi connectivity index (χ0n) is 8.87. The van der Waals surface area contributed by atoms with Crippen LogP contribution in [0.1, 0.15) is 18.1 Å². The topological polar surface area (TPSA) is 20.2 Å². The molecule has 1 N–H and O–H groups in total. The fourth-order valence-corrected chi connectivity index (χ4v) is 2.80. The second kappa shape index (κ2) is 3.19. The van der Waals surface area contributed by atoms with Crippen LogP contribution in [0.3, 0.4) is 0 Å². The zero-order valence-corrected chi connectivity index (χ0v) is 10.5. The van der Waals surface area contributed by atoms with Crippen molar-refractivity contribution in [1.29, 1.82) is 0 Å². The van der Waals surface area contributed by atoms with Crippen LogP contribution in [-0.4, -0.2) is 5.11 Å². The highest BCUT2D eigenvalue weighted by Gasteiger charge is 2.37. The van der Waals surface area contributed by atoms with Crippen LogP contribution in [0.15, 0.2) is 46.9 Å². The Morgan fingerprint density at radius 3 is 2.50 bits per heavy atom. The number of benzene rings is 2. The summed E-state index contributed by atoms with van der Waals surface area (Å²) in [5.74, 6) is 0. The van der Waals surface area contributed by atoms with E-state index in [9.17, 15) is 5.11 Å². The van der Waals surface area contributed by atoms with Gasteiger partial charge in [0.05, 0.1) is 0 Å². The number of halogens is 1. The van der Waals surface area contributed by atoms with E-state index >= 15 is 0 Å². The molecular formula is C14H11BrO.